The molecule has 32 heavy (non-hydrogen) atoms. The van der Waals surface area contributed by atoms with Crippen molar-refractivity contribution in [2.24, 2.45) is 0 Å². The summed E-state index contributed by atoms with van der Waals surface area (Å²) in [6.07, 6.45) is 1.97. The Morgan fingerprint density at radius 2 is 1.94 bits per heavy atom. The lowest BCUT2D eigenvalue weighted by Crippen LogP contribution is -2.41. The van der Waals surface area contributed by atoms with Crippen LogP contribution in [-0.4, -0.2) is 30.5 Å². The van der Waals surface area contributed by atoms with Crippen LogP contribution in [0.25, 0.3) is 11.4 Å². The van der Waals surface area contributed by atoms with Gasteiger partial charge in [0.15, 0.2) is 0 Å². The van der Waals surface area contributed by atoms with E-state index in [1.54, 1.807) is 19.1 Å². The van der Waals surface area contributed by atoms with Crippen LogP contribution in [0.1, 0.15) is 37.1 Å². The van der Waals surface area contributed by atoms with Crippen LogP contribution in [0.2, 0.25) is 0 Å². The largest absolute Gasteiger partial charge is 0.339 e. The number of nitrogens with zero attached hydrogens (tertiary/aromatic N) is 2. The topological polar surface area (TPSA) is 114 Å². The van der Waals surface area contributed by atoms with Gasteiger partial charge in [0, 0.05) is 17.5 Å². The first-order valence-corrected chi connectivity index (χ1v) is 11.4. The Morgan fingerprint density at radius 1 is 1.19 bits per heavy atom. The average Bonchev–Trinajstić information content (AvgIpc) is 3.47. The summed E-state index contributed by atoms with van der Waals surface area (Å²) in [4.78, 5) is 16.6. The van der Waals surface area contributed by atoms with Crippen molar-refractivity contribution < 1.29 is 26.5 Å². The molecule has 168 valence electrons. The van der Waals surface area contributed by atoms with Crippen molar-refractivity contribution in [3.8, 4) is 11.4 Å². The second-order valence-electron chi connectivity index (χ2n) is 7.67. The van der Waals surface area contributed by atoms with E-state index in [1.807, 2.05) is 0 Å². The minimum Gasteiger partial charge on any atom is -0.339 e. The molecule has 8 nitrogen and oxygen atoms in total. The fourth-order valence-electron chi connectivity index (χ4n) is 3.06. The zero-order valence-electron chi connectivity index (χ0n) is 17.2. The number of hydrogen-bond acceptors (Lipinski definition) is 6. The van der Waals surface area contributed by atoms with Crippen LogP contribution in [0.15, 0.2) is 45.8 Å². The molecule has 0 unspecified atom stereocenters. The molecule has 1 atom stereocenters. The first-order valence-electron chi connectivity index (χ1n) is 9.87. The molecular weight excluding hydrogens is 442 g/mol. The summed E-state index contributed by atoms with van der Waals surface area (Å²) in [5.41, 5.74) is 0.644. The van der Waals surface area contributed by atoms with Crippen molar-refractivity contribution in [1.82, 2.24) is 14.9 Å². The molecule has 1 amide bonds. The monoisotopic (exact) mass is 462 g/mol. The second kappa shape index (κ2) is 8.40. The van der Waals surface area contributed by atoms with E-state index in [1.165, 1.54) is 13.0 Å². The van der Waals surface area contributed by atoms with Crippen LogP contribution in [-0.2, 0) is 14.8 Å². The quantitative estimate of drug-likeness (QED) is 0.556. The lowest BCUT2D eigenvalue weighted by atomic mass is 10.1. The molecule has 1 aliphatic carbocycles. The van der Waals surface area contributed by atoms with Gasteiger partial charge in [-0.15, -0.1) is 0 Å². The molecule has 0 radical (unpaired) electrons. The molecule has 2 N–H and O–H groups in total. The minimum atomic E-state index is -4.12. The molecule has 0 bridgehead atoms. The third kappa shape index (κ3) is 4.68. The highest BCUT2D eigenvalue weighted by atomic mass is 32.2. The van der Waals surface area contributed by atoms with Gasteiger partial charge in [-0.1, -0.05) is 17.3 Å². The summed E-state index contributed by atoms with van der Waals surface area (Å²) in [7, 11) is -4.12. The lowest BCUT2D eigenvalue weighted by Gasteiger charge is -2.16. The number of halogens is 2. The van der Waals surface area contributed by atoms with Gasteiger partial charge in [0.05, 0.1) is 16.6 Å². The maximum atomic E-state index is 13.8. The molecule has 2 aromatic carbocycles. The summed E-state index contributed by atoms with van der Waals surface area (Å²) in [6, 6.07) is 6.11. The molecule has 3 aromatic rings. The second-order valence-corrected chi connectivity index (χ2v) is 9.35. The number of benzene rings is 2. The van der Waals surface area contributed by atoms with E-state index in [0.29, 0.717) is 23.1 Å². The van der Waals surface area contributed by atoms with Gasteiger partial charge in [0.25, 0.3) is 0 Å². The Kier molecular flexibility index (Phi) is 5.78. The van der Waals surface area contributed by atoms with Crippen LogP contribution in [0.3, 0.4) is 0 Å². The molecule has 0 spiro atoms. The van der Waals surface area contributed by atoms with Crippen molar-refractivity contribution in [2.45, 2.75) is 43.5 Å². The van der Waals surface area contributed by atoms with Gasteiger partial charge >= 0.3 is 0 Å². The maximum absolute atomic E-state index is 13.8. The zero-order chi connectivity index (χ0) is 23.0. The highest BCUT2D eigenvalue weighted by molar-refractivity contribution is 7.89. The molecule has 4 rings (SSSR count). The highest BCUT2D eigenvalue weighted by Gasteiger charge is 2.30. The molecule has 0 aliphatic heterocycles. The minimum absolute atomic E-state index is 0.0552. The molecular formula is C21H20F2N4O4S. The Labute approximate surface area is 183 Å². The van der Waals surface area contributed by atoms with E-state index in [2.05, 4.69) is 20.2 Å². The van der Waals surface area contributed by atoms with Gasteiger partial charge in [-0.2, -0.15) is 9.71 Å². The van der Waals surface area contributed by atoms with Crippen molar-refractivity contribution in [2.75, 3.05) is 5.32 Å². The number of sulfonamides is 1. The van der Waals surface area contributed by atoms with E-state index in [9.17, 15) is 22.0 Å². The first kappa shape index (κ1) is 22.0. The van der Waals surface area contributed by atoms with E-state index in [4.69, 9.17) is 4.52 Å². The third-order valence-corrected chi connectivity index (χ3v) is 6.70. The fraction of sp³-hybridized carbons (Fsp3) is 0.286. The van der Waals surface area contributed by atoms with E-state index >= 15 is 0 Å². The normalized spacial score (nSPS) is 14.9. The molecule has 0 saturated heterocycles. The molecule has 1 heterocycles. The van der Waals surface area contributed by atoms with Crippen molar-refractivity contribution in [3.63, 3.8) is 0 Å². The summed E-state index contributed by atoms with van der Waals surface area (Å²) in [5, 5.41) is 6.17. The molecule has 1 fully saturated rings. The number of aromatic nitrogens is 2. The van der Waals surface area contributed by atoms with Gasteiger partial charge in [-0.05, 0) is 50.5 Å². The van der Waals surface area contributed by atoms with Gasteiger partial charge in [0.1, 0.15) is 11.6 Å². The van der Waals surface area contributed by atoms with Crippen molar-refractivity contribution in [3.05, 3.63) is 59.5 Å². The molecule has 1 saturated carbocycles. The van der Waals surface area contributed by atoms with Crippen LogP contribution < -0.4 is 10.0 Å². The van der Waals surface area contributed by atoms with Crippen LogP contribution in [0.5, 0.6) is 0 Å². The third-order valence-electron chi connectivity index (χ3n) is 5.02. The number of nitrogens with one attached hydrogen (secondary N) is 2. The SMILES string of the molecule is Cc1ccc(-c2noc(C3CC3)n2)cc1S(=O)(=O)N[C@H](C)C(=O)Nc1ccc(F)cc1F. The van der Waals surface area contributed by atoms with Gasteiger partial charge < -0.3 is 9.84 Å². The van der Waals surface area contributed by atoms with E-state index in [0.717, 1.165) is 25.0 Å². The van der Waals surface area contributed by atoms with Gasteiger partial charge in [0.2, 0.25) is 27.6 Å². The summed E-state index contributed by atoms with van der Waals surface area (Å²) in [5.74, 6) is -1.50. The van der Waals surface area contributed by atoms with Gasteiger partial charge in [-0.3, -0.25) is 4.79 Å². The number of hydrogen-bond donors (Lipinski definition) is 2. The van der Waals surface area contributed by atoms with Crippen molar-refractivity contribution >= 4 is 21.6 Å². The highest BCUT2D eigenvalue weighted by Crippen LogP contribution is 2.39. The van der Waals surface area contributed by atoms with E-state index in [-0.39, 0.29) is 22.3 Å². The summed E-state index contributed by atoms with van der Waals surface area (Å²) >= 11 is 0. The molecule has 11 heteroatoms. The maximum Gasteiger partial charge on any atom is 0.242 e. The molecule has 1 aromatic heterocycles. The van der Waals surface area contributed by atoms with Crippen molar-refractivity contribution in [1.29, 1.82) is 0 Å². The number of carbonyl (C=O) groups is 1. The van der Waals surface area contributed by atoms with Crippen LogP contribution in [0.4, 0.5) is 14.5 Å². The Bertz CT molecular complexity index is 1290. The number of rotatable bonds is 7. The summed E-state index contributed by atoms with van der Waals surface area (Å²) in [6.45, 7) is 2.93. The van der Waals surface area contributed by atoms with Gasteiger partial charge in [-0.25, -0.2) is 17.2 Å². The number of anilines is 1. The number of amides is 1. The standard InChI is InChI=1S/C21H20F2N4O4S/c1-11-3-4-14(19-25-21(31-26-19)13-5-6-13)9-18(11)32(29,30)27-12(2)20(28)24-17-8-7-15(22)10-16(17)23/h3-4,7-10,12-13,27H,5-6H2,1-2H3,(H,24,28)/t12-/m1/s1. The predicted octanol–water partition coefficient (Wildman–Crippen LogP) is 3.51. The van der Waals surface area contributed by atoms with Crippen LogP contribution >= 0.6 is 0 Å². The Hall–Kier alpha value is -3.18. The predicted molar refractivity (Wildman–Crippen MR) is 111 cm³/mol. The lowest BCUT2D eigenvalue weighted by molar-refractivity contribution is -0.117. The van der Waals surface area contributed by atoms with Crippen LogP contribution in [0, 0.1) is 18.6 Å². The summed E-state index contributed by atoms with van der Waals surface area (Å²) < 4.78 is 60.2. The Balaban J connectivity index is 1.52. The Morgan fingerprint density at radius 3 is 2.62 bits per heavy atom. The van der Waals surface area contributed by atoms with E-state index < -0.39 is 33.6 Å². The average molecular weight is 462 g/mol. The zero-order valence-corrected chi connectivity index (χ0v) is 18.0. The first-order chi connectivity index (χ1) is 15.1. The number of carbonyl (C=O) groups excluding carboxylic acids is 1. The fourth-order valence-corrected chi connectivity index (χ4v) is 4.53. The number of aryl methyl sites for hydroxylation is 1. The smallest absolute Gasteiger partial charge is 0.242 e. The molecule has 1 aliphatic rings.